The zero-order chi connectivity index (χ0) is 14.3. The molecule has 0 fully saturated rings. The number of nitrogens with zero attached hydrogens (tertiary/aromatic N) is 1. The summed E-state index contributed by atoms with van der Waals surface area (Å²) in [7, 11) is 0. The second-order valence-corrected chi connectivity index (χ2v) is 4.25. The molecule has 0 saturated carbocycles. The molecule has 0 aliphatic rings. The molecule has 0 aliphatic carbocycles. The predicted molar refractivity (Wildman–Crippen MR) is 74.3 cm³/mol. The van der Waals surface area contributed by atoms with E-state index in [2.05, 4.69) is 11.9 Å². The van der Waals surface area contributed by atoms with Gasteiger partial charge in [-0.1, -0.05) is 30.4 Å². The molecular formula is C14H18N2O3. The third kappa shape index (κ3) is 5.25. The van der Waals surface area contributed by atoms with Crippen LogP contribution in [-0.4, -0.2) is 30.2 Å². The van der Waals surface area contributed by atoms with Gasteiger partial charge in [0.15, 0.2) is 0 Å². The highest BCUT2D eigenvalue weighted by Gasteiger charge is 2.16. The summed E-state index contributed by atoms with van der Waals surface area (Å²) in [5.41, 5.74) is 1.50. The number of anilines is 1. The minimum Gasteiger partial charge on any atom is -0.481 e. The van der Waals surface area contributed by atoms with Crippen molar-refractivity contribution in [2.45, 2.75) is 13.3 Å². The minimum atomic E-state index is -0.936. The van der Waals surface area contributed by atoms with Gasteiger partial charge in [0.1, 0.15) is 0 Å². The van der Waals surface area contributed by atoms with Crippen LogP contribution >= 0.6 is 0 Å². The molecular weight excluding hydrogens is 244 g/mol. The Bertz CT molecular complexity index is 457. The third-order valence-corrected chi connectivity index (χ3v) is 2.40. The Kier molecular flexibility index (Phi) is 5.60. The van der Waals surface area contributed by atoms with Gasteiger partial charge in [-0.2, -0.15) is 0 Å². The molecule has 0 heterocycles. The highest BCUT2D eigenvalue weighted by Crippen LogP contribution is 2.13. The number of carbonyl (C=O) groups is 2. The van der Waals surface area contributed by atoms with Crippen LogP contribution in [0.5, 0.6) is 0 Å². The predicted octanol–water partition coefficient (Wildman–Crippen LogP) is 2.25. The zero-order valence-electron chi connectivity index (χ0n) is 10.9. The van der Waals surface area contributed by atoms with E-state index in [1.165, 1.54) is 4.90 Å². The molecule has 2 N–H and O–H groups in total. The van der Waals surface area contributed by atoms with Gasteiger partial charge in [-0.25, -0.2) is 4.79 Å². The van der Waals surface area contributed by atoms with Crippen molar-refractivity contribution in [2.75, 3.05) is 18.0 Å². The van der Waals surface area contributed by atoms with E-state index in [4.69, 9.17) is 5.11 Å². The number of benzene rings is 1. The Hall–Kier alpha value is -2.30. The van der Waals surface area contributed by atoms with E-state index in [0.29, 0.717) is 12.2 Å². The summed E-state index contributed by atoms with van der Waals surface area (Å²) < 4.78 is 0. The number of hydrogen-bond acceptors (Lipinski definition) is 2. The first kappa shape index (κ1) is 14.8. The smallest absolute Gasteiger partial charge is 0.322 e. The molecule has 0 aliphatic heterocycles. The molecule has 0 atom stereocenters. The van der Waals surface area contributed by atoms with Crippen molar-refractivity contribution >= 4 is 17.7 Å². The van der Waals surface area contributed by atoms with E-state index >= 15 is 0 Å². The lowest BCUT2D eigenvalue weighted by atomic mass is 10.2. The van der Waals surface area contributed by atoms with Gasteiger partial charge < -0.3 is 10.4 Å². The molecule has 0 spiro atoms. The fourth-order valence-electron chi connectivity index (χ4n) is 1.49. The topological polar surface area (TPSA) is 69.6 Å². The van der Waals surface area contributed by atoms with Gasteiger partial charge in [0.25, 0.3) is 0 Å². The number of rotatable bonds is 6. The van der Waals surface area contributed by atoms with Gasteiger partial charge in [-0.15, -0.1) is 0 Å². The molecule has 1 aromatic carbocycles. The van der Waals surface area contributed by atoms with Crippen molar-refractivity contribution in [3.8, 4) is 0 Å². The summed E-state index contributed by atoms with van der Waals surface area (Å²) in [6.45, 7) is 6.01. The summed E-state index contributed by atoms with van der Waals surface area (Å²) >= 11 is 0. The minimum absolute atomic E-state index is 0.102. The Morgan fingerprint density at radius 1 is 1.32 bits per heavy atom. The van der Waals surface area contributed by atoms with Crippen LogP contribution in [0.15, 0.2) is 42.5 Å². The first-order valence-corrected chi connectivity index (χ1v) is 5.97. The highest BCUT2D eigenvalue weighted by atomic mass is 16.4. The molecule has 19 heavy (non-hydrogen) atoms. The molecule has 0 radical (unpaired) electrons. The fraction of sp³-hybridized carbons (Fsp3) is 0.286. The van der Waals surface area contributed by atoms with Gasteiger partial charge >= 0.3 is 12.0 Å². The van der Waals surface area contributed by atoms with Crippen LogP contribution in [0.4, 0.5) is 10.5 Å². The summed E-state index contributed by atoms with van der Waals surface area (Å²) in [5.74, 6) is -0.936. The summed E-state index contributed by atoms with van der Waals surface area (Å²) in [5, 5.41) is 11.4. The summed E-state index contributed by atoms with van der Waals surface area (Å²) in [6, 6.07) is 8.65. The van der Waals surface area contributed by atoms with Gasteiger partial charge in [0.2, 0.25) is 0 Å². The molecule has 102 valence electrons. The maximum atomic E-state index is 12.0. The normalized spacial score (nSPS) is 9.74. The number of carboxylic acids is 1. The van der Waals surface area contributed by atoms with Crippen molar-refractivity contribution in [1.82, 2.24) is 5.32 Å². The molecule has 2 amide bonds. The zero-order valence-corrected chi connectivity index (χ0v) is 10.9. The Labute approximate surface area is 112 Å². The van der Waals surface area contributed by atoms with Gasteiger partial charge in [0, 0.05) is 18.8 Å². The number of nitrogens with one attached hydrogen (secondary N) is 1. The molecule has 0 aromatic heterocycles. The highest BCUT2D eigenvalue weighted by molar-refractivity contribution is 5.92. The van der Waals surface area contributed by atoms with Crippen LogP contribution < -0.4 is 10.2 Å². The van der Waals surface area contributed by atoms with Crippen LogP contribution in [0, 0.1) is 0 Å². The Morgan fingerprint density at radius 3 is 2.47 bits per heavy atom. The van der Waals surface area contributed by atoms with Crippen molar-refractivity contribution < 1.29 is 14.7 Å². The maximum Gasteiger partial charge on any atom is 0.322 e. The number of amides is 2. The lowest BCUT2D eigenvalue weighted by molar-refractivity contribution is -0.136. The molecule has 5 heteroatoms. The quantitative estimate of drug-likeness (QED) is 0.772. The molecule has 5 nitrogen and oxygen atoms in total. The largest absolute Gasteiger partial charge is 0.481 e. The summed E-state index contributed by atoms with van der Waals surface area (Å²) in [6.07, 6.45) is -0.102. The number of urea groups is 1. The monoisotopic (exact) mass is 262 g/mol. The van der Waals surface area contributed by atoms with E-state index < -0.39 is 5.97 Å². The molecule has 1 rings (SSSR count). The molecule has 0 bridgehead atoms. The molecule has 1 aromatic rings. The van der Waals surface area contributed by atoms with E-state index in [-0.39, 0.29) is 19.0 Å². The first-order chi connectivity index (χ1) is 9.00. The SMILES string of the molecule is C=C(C)CNC(=O)N(CCC(=O)O)c1ccccc1. The Balaban J connectivity index is 2.77. The number of carbonyl (C=O) groups excluding carboxylic acids is 1. The lowest BCUT2D eigenvalue weighted by Gasteiger charge is -2.22. The number of aliphatic carboxylic acids is 1. The van der Waals surface area contributed by atoms with E-state index in [9.17, 15) is 9.59 Å². The maximum absolute atomic E-state index is 12.0. The van der Waals surface area contributed by atoms with Crippen LogP contribution in [-0.2, 0) is 4.79 Å². The number of hydrogen-bond donors (Lipinski definition) is 2. The molecule has 0 saturated heterocycles. The van der Waals surface area contributed by atoms with Crippen molar-refractivity contribution in [3.63, 3.8) is 0 Å². The second kappa shape index (κ2) is 7.20. The fourth-order valence-corrected chi connectivity index (χ4v) is 1.49. The molecule has 0 unspecified atom stereocenters. The van der Waals surface area contributed by atoms with Crippen molar-refractivity contribution in [3.05, 3.63) is 42.5 Å². The second-order valence-electron chi connectivity index (χ2n) is 4.25. The third-order valence-electron chi connectivity index (χ3n) is 2.40. The van der Waals surface area contributed by atoms with Gasteiger partial charge in [-0.05, 0) is 19.1 Å². The number of para-hydroxylation sites is 1. The van der Waals surface area contributed by atoms with Crippen LogP contribution in [0.3, 0.4) is 0 Å². The number of carboxylic acid groups (broad SMARTS) is 1. The summed E-state index contributed by atoms with van der Waals surface area (Å²) in [4.78, 5) is 24.1. The van der Waals surface area contributed by atoms with E-state index in [1.807, 2.05) is 13.0 Å². The van der Waals surface area contributed by atoms with Crippen molar-refractivity contribution in [2.24, 2.45) is 0 Å². The van der Waals surface area contributed by atoms with Crippen LogP contribution in [0.2, 0.25) is 0 Å². The first-order valence-electron chi connectivity index (χ1n) is 5.97. The van der Waals surface area contributed by atoms with E-state index in [0.717, 1.165) is 5.57 Å². The standard InChI is InChI=1S/C14H18N2O3/c1-11(2)10-15-14(19)16(9-8-13(17)18)12-6-4-3-5-7-12/h3-7H,1,8-10H2,2H3,(H,15,19)(H,17,18). The van der Waals surface area contributed by atoms with Crippen molar-refractivity contribution in [1.29, 1.82) is 0 Å². The van der Waals surface area contributed by atoms with Gasteiger partial charge in [0.05, 0.1) is 6.42 Å². The van der Waals surface area contributed by atoms with Crippen LogP contribution in [0.25, 0.3) is 0 Å². The average molecular weight is 262 g/mol. The average Bonchev–Trinajstić information content (AvgIpc) is 2.37. The van der Waals surface area contributed by atoms with Gasteiger partial charge in [-0.3, -0.25) is 9.69 Å². The van der Waals surface area contributed by atoms with E-state index in [1.54, 1.807) is 24.3 Å². The van der Waals surface area contributed by atoms with Crippen LogP contribution in [0.1, 0.15) is 13.3 Å². The lowest BCUT2D eigenvalue weighted by Crippen LogP contribution is -2.41. The Morgan fingerprint density at radius 2 is 1.95 bits per heavy atom.